The fourth-order valence-corrected chi connectivity index (χ4v) is 3.77. The molecule has 0 radical (unpaired) electrons. The molecule has 142 valence electrons. The molecular formula is C21H27N5O. The first-order chi connectivity index (χ1) is 13.1. The van der Waals surface area contributed by atoms with Gasteiger partial charge >= 0.3 is 0 Å². The lowest BCUT2D eigenvalue weighted by Gasteiger charge is -2.28. The summed E-state index contributed by atoms with van der Waals surface area (Å²) in [5, 5.41) is 4.85. The van der Waals surface area contributed by atoms with E-state index in [1.165, 1.54) is 18.4 Å². The van der Waals surface area contributed by atoms with Gasteiger partial charge in [-0.15, -0.1) is 0 Å². The summed E-state index contributed by atoms with van der Waals surface area (Å²) in [6.45, 7) is 6.82. The van der Waals surface area contributed by atoms with Crippen molar-refractivity contribution in [2.45, 2.75) is 39.7 Å². The van der Waals surface area contributed by atoms with Crippen LogP contribution in [0.1, 0.15) is 35.8 Å². The minimum Gasteiger partial charge on any atom is -0.437 e. The predicted molar refractivity (Wildman–Crippen MR) is 104 cm³/mol. The minimum atomic E-state index is 0.652. The van der Waals surface area contributed by atoms with Gasteiger partial charge in [0.15, 0.2) is 23.3 Å². The Morgan fingerprint density at radius 2 is 1.81 bits per heavy atom. The van der Waals surface area contributed by atoms with Crippen molar-refractivity contribution >= 4 is 0 Å². The van der Waals surface area contributed by atoms with Gasteiger partial charge in [-0.05, 0) is 51.4 Å². The second-order valence-corrected chi connectivity index (χ2v) is 7.59. The number of aromatic nitrogens is 4. The number of nitrogens with zero attached hydrogens (tertiary/aromatic N) is 5. The highest BCUT2D eigenvalue weighted by molar-refractivity contribution is 5.50. The van der Waals surface area contributed by atoms with Gasteiger partial charge in [-0.25, -0.2) is 14.6 Å². The molecule has 6 nitrogen and oxygen atoms in total. The van der Waals surface area contributed by atoms with E-state index in [4.69, 9.17) is 14.5 Å². The number of aryl methyl sites for hydroxylation is 2. The zero-order valence-electron chi connectivity index (χ0n) is 16.4. The van der Waals surface area contributed by atoms with Crippen LogP contribution >= 0.6 is 0 Å². The minimum absolute atomic E-state index is 0.652. The molecule has 1 aliphatic rings. The maximum Gasteiger partial charge on any atom is 0.196 e. The summed E-state index contributed by atoms with van der Waals surface area (Å²) in [5.41, 5.74) is 2.06. The van der Waals surface area contributed by atoms with Crippen molar-refractivity contribution in [1.29, 1.82) is 0 Å². The highest BCUT2D eigenvalue weighted by Gasteiger charge is 2.23. The van der Waals surface area contributed by atoms with Crippen LogP contribution < -0.4 is 0 Å². The van der Waals surface area contributed by atoms with E-state index in [0.717, 1.165) is 42.6 Å². The summed E-state index contributed by atoms with van der Waals surface area (Å²) in [4.78, 5) is 11.7. The van der Waals surface area contributed by atoms with Crippen molar-refractivity contribution in [2.24, 2.45) is 5.92 Å². The van der Waals surface area contributed by atoms with Crippen molar-refractivity contribution in [3.63, 3.8) is 0 Å². The van der Waals surface area contributed by atoms with E-state index in [-0.39, 0.29) is 0 Å². The van der Waals surface area contributed by atoms with Crippen LogP contribution in [0.2, 0.25) is 0 Å². The third kappa shape index (κ3) is 4.11. The van der Waals surface area contributed by atoms with Gasteiger partial charge in [0, 0.05) is 13.3 Å². The number of benzene rings is 1. The fraction of sp³-hybridized carbons (Fsp3) is 0.476. The van der Waals surface area contributed by atoms with Crippen LogP contribution in [0.3, 0.4) is 0 Å². The lowest BCUT2D eigenvalue weighted by molar-refractivity contribution is 0.217. The van der Waals surface area contributed by atoms with Crippen LogP contribution in [-0.2, 0) is 13.0 Å². The van der Waals surface area contributed by atoms with Crippen molar-refractivity contribution in [3.05, 3.63) is 53.3 Å². The summed E-state index contributed by atoms with van der Waals surface area (Å²) in [7, 11) is 2.19. The Kier molecular flexibility index (Phi) is 5.07. The quantitative estimate of drug-likeness (QED) is 0.693. The van der Waals surface area contributed by atoms with Crippen molar-refractivity contribution in [2.75, 3.05) is 20.1 Å². The monoisotopic (exact) mass is 365 g/mol. The van der Waals surface area contributed by atoms with Crippen LogP contribution in [0.15, 0.2) is 34.7 Å². The van der Waals surface area contributed by atoms with E-state index in [9.17, 15) is 0 Å². The highest BCUT2D eigenvalue weighted by Crippen LogP contribution is 2.26. The summed E-state index contributed by atoms with van der Waals surface area (Å²) in [5.74, 6) is 3.72. The van der Waals surface area contributed by atoms with Gasteiger partial charge in [-0.3, -0.25) is 0 Å². The Morgan fingerprint density at radius 1 is 1.07 bits per heavy atom. The number of hydrogen-bond donors (Lipinski definition) is 0. The second kappa shape index (κ2) is 7.64. The molecule has 6 heteroatoms. The van der Waals surface area contributed by atoms with E-state index in [2.05, 4.69) is 41.2 Å². The van der Waals surface area contributed by atoms with Gasteiger partial charge in [-0.1, -0.05) is 30.3 Å². The number of oxazole rings is 1. The molecule has 3 aromatic rings. The Bertz CT molecular complexity index is 891. The van der Waals surface area contributed by atoms with Gasteiger partial charge < -0.3 is 9.32 Å². The summed E-state index contributed by atoms with van der Waals surface area (Å²) >= 11 is 0. The zero-order valence-corrected chi connectivity index (χ0v) is 16.4. The normalized spacial score (nSPS) is 16.1. The molecule has 2 aromatic heterocycles. The highest BCUT2D eigenvalue weighted by atomic mass is 16.4. The number of piperidine rings is 1. The smallest absolute Gasteiger partial charge is 0.196 e. The van der Waals surface area contributed by atoms with E-state index in [1.807, 2.05) is 24.6 Å². The van der Waals surface area contributed by atoms with Gasteiger partial charge in [0.1, 0.15) is 0 Å². The molecule has 0 saturated carbocycles. The molecule has 1 aromatic carbocycles. The molecule has 0 atom stereocenters. The molecule has 0 unspecified atom stereocenters. The van der Waals surface area contributed by atoms with Crippen LogP contribution in [0.4, 0.5) is 0 Å². The maximum absolute atomic E-state index is 5.85. The second-order valence-electron chi connectivity index (χ2n) is 7.59. The molecule has 0 spiro atoms. The summed E-state index contributed by atoms with van der Waals surface area (Å²) in [6, 6.07) is 10.4. The van der Waals surface area contributed by atoms with Crippen molar-refractivity contribution in [1.82, 2.24) is 24.6 Å². The third-order valence-electron chi connectivity index (χ3n) is 5.31. The lowest BCUT2D eigenvalue weighted by Crippen LogP contribution is -2.31. The molecule has 3 heterocycles. The first kappa shape index (κ1) is 17.9. The molecule has 1 fully saturated rings. The molecule has 27 heavy (non-hydrogen) atoms. The molecule has 4 rings (SSSR count). The molecule has 0 amide bonds. The molecule has 0 aliphatic carbocycles. The van der Waals surface area contributed by atoms with Gasteiger partial charge in [0.25, 0.3) is 0 Å². The van der Waals surface area contributed by atoms with E-state index < -0.39 is 0 Å². The number of hydrogen-bond acceptors (Lipinski definition) is 5. The van der Waals surface area contributed by atoms with Crippen molar-refractivity contribution in [3.8, 4) is 11.6 Å². The SMILES string of the molecule is Cc1nc(C)c(-c2nc(CC3CCN(C)CC3)nn2Cc2ccccc2)o1. The van der Waals surface area contributed by atoms with E-state index in [0.29, 0.717) is 18.4 Å². The first-order valence-electron chi connectivity index (χ1n) is 9.69. The lowest BCUT2D eigenvalue weighted by atomic mass is 9.94. The summed E-state index contributed by atoms with van der Waals surface area (Å²) < 4.78 is 7.82. The average molecular weight is 365 g/mol. The number of rotatable bonds is 5. The van der Waals surface area contributed by atoms with Gasteiger partial charge in [-0.2, -0.15) is 5.10 Å². The summed E-state index contributed by atoms with van der Waals surface area (Å²) in [6.07, 6.45) is 3.34. The van der Waals surface area contributed by atoms with Crippen LogP contribution in [-0.4, -0.2) is 44.8 Å². The largest absolute Gasteiger partial charge is 0.437 e. The zero-order chi connectivity index (χ0) is 18.8. The van der Waals surface area contributed by atoms with Crippen LogP contribution in [0.5, 0.6) is 0 Å². The van der Waals surface area contributed by atoms with Gasteiger partial charge in [0.2, 0.25) is 0 Å². The molecule has 0 N–H and O–H groups in total. The Labute approximate surface area is 160 Å². The molecular weight excluding hydrogens is 338 g/mol. The van der Waals surface area contributed by atoms with Crippen molar-refractivity contribution < 1.29 is 4.42 Å². The van der Waals surface area contributed by atoms with E-state index >= 15 is 0 Å². The third-order valence-corrected chi connectivity index (χ3v) is 5.31. The predicted octanol–water partition coefficient (Wildman–Crippen LogP) is 3.48. The first-order valence-corrected chi connectivity index (χ1v) is 9.69. The Balaban J connectivity index is 1.63. The van der Waals surface area contributed by atoms with E-state index in [1.54, 1.807) is 0 Å². The topological polar surface area (TPSA) is 60.0 Å². The Hall–Kier alpha value is -2.47. The van der Waals surface area contributed by atoms with Crippen LogP contribution in [0, 0.1) is 19.8 Å². The molecule has 1 aliphatic heterocycles. The molecule has 1 saturated heterocycles. The molecule has 0 bridgehead atoms. The fourth-order valence-electron chi connectivity index (χ4n) is 3.77. The average Bonchev–Trinajstić information content (AvgIpc) is 3.19. The standard InChI is InChI=1S/C21H27N5O/c1-15-20(27-16(2)22-15)21-23-19(13-17-9-11-25(3)12-10-17)24-26(21)14-18-7-5-4-6-8-18/h4-8,17H,9-14H2,1-3H3. The Morgan fingerprint density at radius 3 is 2.48 bits per heavy atom. The van der Waals surface area contributed by atoms with Crippen LogP contribution in [0.25, 0.3) is 11.6 Å². The maximum atomic E-state index is 5.85. The number of likely N-dealkylation sites (tertiary alicyclic amines) is 1. The van der Waals surface area contributed by atoms with Gasteiger partial charge in [0.05, 0.1) is 12.2 Å².